The summed E-state index contributed by atoms with van der Waals surface area (Å²) in [6, 6.07) is 8.60. The van der Waals surface area contributed by atoms with E-state index in [0.29, 0.717) is 11.0 Å². The number of benzene rings is 1. The molecule has 5 rings (SSSR count). The Morgan fingerprint density at radius 3 is 2.69 bits per heavy atom. The van der Waals surface area contributed by atoms with Crippen molar-refractivity contribution >= 4 is 28.4 Å². The number of anilines is 3. The van der Waals surface area contributed by atoms with Crippen LogP contribution in [0.25, 0.3) is 11.0 Å². The lowest BCUT2D eigenvalue weighted by molar-refractivity contribution is 0.515. The van der Waals surface area contributed by atoms with E-state index in [-0.39, 0.29) is 28.8 Å². The fourth-order valence-corrected chi connectivity index (χ4v) is 4.61. The third-order valence-electron chi connectivity index (χ3n) is 6.26. The van der Waals surface area contributed by atoms with Gasteiger partial charge in [-0.3, -0.25) is 9.36 Å². The SMILES string of the molecule is N#Cc1cc2cnc(Nc3ccc(N4CCNCC4)cc3F)nc2n(C2CCCC2)c1=O. The van der Waals surface area contributed by atoms with Gasteiger partial charge in [-0.15, -0.1) is 0 Å². The van der Waals surface area contributed by atoms with E-state index in [4.69, 9.17) is 0 Å². The van der Waals surface area contributed by atoms with Gasteiger partial charge in [0.05, 0.1) is 5.69 Å². The molecule has 1 aliphatic heterocycles. The molecular formula is C23H24FN7O. The molecule has 2 aliphatic rings. The molecule has 3 heterocycles. The minimum Gasteiger partial charge on any atom is -0.369 e. The van der Waals surface area contributed by atoms with Gasteiger partial charge in [-0.2, -0.15) is 10.2 Å². The van der Waals surface area contributed by atoms with Gasteiger partial charge in [0.1, 0.15) is 23.1 Å². The van der Waals surface area contributed by atoms with E-state index in [1.807, 2.05) is 12.1 Å². The highest BCUT2D eigenvalue weighted by Gasteiger charge is 2.23. The normalized spacial score (nSPS) is 16.9. The van der Waals surface area contributed by atoms with Crippen molar-refractivity contribution < 1.29 is 4.39 Å². The molecule has 0 spiro atoms. The van der Waals surface area contributed by atoms with Gasteiger partial charge in [0, 0.05) is 49.5 Å². The van der Waals surface area contributed by atoms with Gasteiger partial charge in [-0.05, 0) is 37.1 Å². The molecule has 1 aliphatic carbocycles. The molecule has 9 heteroatoms. The Morgan fingerprint density at radius 2 is 1.97 bits per heavy atom. The van der Waals surface area contributed by atoms with E-state index in [2.05, 4.69) is 25.5 Å². The van der Waals surface area contributed by atoms with Crippen LogP contribution in [0.1, 0.15) is 37.3 Å². The number of pyridine rings is 1. The Kier molecular flexibility index (Phi) is 5.45. The number of aromatic nitrogens is 3. The minimum absolute atomic E-state index is 0.0103. The summed E-state index contributed by atoms with van der Waals surface area (Å²) in [6.45, 7) is 3.43. The number of nitrogens with one attached hydrogen (secondary N) is 2. The molecular weight excluding hydrogens is 409 g/mol. The Balaban J connectivity index is 1.49. The van der Waals surface area contributed by atoms with Crippen molar-refractivity contribution in [2.45, 2.75) is 31.7 Å². The van der Waals surface area contributed by atoms with Crippen molar-refractivity contribution in [3.63, 3.8) is 0 Å². The fourth-order valence-electron chi connectivity index (χ4n) is 4.61. The smallest absolute Gasteiger partial charge is 0.270 e. The highest BCUT2D eigenvalue weighted by Crippen LogP contribution is 2.31. The first-order valence-electron chi connectivity index (χ1n) is 11.0. The molecule has 2 aromatic heterocycles. The number of nitrogens with zero attached hydrogens (tertiary/aromatic N) is 5. The van der Waals surface area contributed by atoms with Crippen LogP contribution in [0.3, 0.4) is 0 Å². The second-order valence-electron chi connectivity index (χ2n) is 8.28. The lowest BCUT2D eigenvalue weighted by Crippen LogP contribution is -2.43. The molecule has 32 heavy (non-hydrogen) atoms. The molecule has 0 radical (unpaired) electrons. The average Bonchev–Trinajstić information content (AvgIpc) is 3.35. The molecule has 0 atom stereocenters. The molecule has 2 fully saturated rings. The van der Waals surface area contributed by atoms with Gasteiger partial charge in [-0.25, -0.2) is 9.37 Å². The Morgan fingerprint density at radius 1 is 1.19 bits per heavy atom. The Bertz CT molecular complexity index is 1250. The summed E-state index contributed by atoms with van der Waals surface area (Å²) in [7, 11) is 0. The zero-order chi connectivity index (χ0) is 22.1. The van der Waals surface area contributed by atoms with Crippen LogP contribution in [-0.2, 0) is 0 Å². The van der Waals surface area contributed by atoms with E-state index < -0.39 is 5.82 Å². The van der Waals surface area contributed by atoms with Gasteiger partial charge in [0.2, 0.25) is 5.95 Å². The van der Waals surface area contributed by atoms with Crippen LogP contribution in [0.4, 0.5) is 21.7 Å². The van der Waals surface area contributed by atoms with Crippen LogP contribution >= 0.6 is 0 Å². The van der Waals surface area contributed by atoms with Crippen molar-refractivity contribution in [2.75, 3.05) is 36.4 Å². The van der Waals surface area contributed by atoms with Gasteiger partial charge in [-0.1, -0.05) is 12.8 Å². The van der Waals surface area contributed by atoms with Crippen molar-refractivity contribution in [1.82, 2.24) is 19.9 Å². The van der Waals surface area contributed by atoms with E-state index >= 15 is 0 Å². The third-order valence-corrected chi connectivity index (χ3v) is 6.26. The van der Waals surface area contributed by atoms with Crippen molar-refractivity contribution in [3.8, 4) is 6.07 Å². The molecule has 0 unspecified atom stereocenters. The molecule has 0 amide bonds. The molecule has 1 saturated heterocycles. The topological polar surface area (TPSA) is 98.9 Å². The van der Waals surface area contributed by atoms with E-state index in [1.165, 1.54) is 12.1 Å². The summed E-state index contributed by atoms with van der Waals surface area (Å²) in [5.74, 6) is -0.181. The van der Waals surface area contributed by atoms with E-state index in [0.717, 1.165) is 57.5 Å². The number of rotatable bonds is 4. The largest absolute Gasteiger partial charge is 0.369 e. The van der Waals surface area contributed by atoms with Crippen LogP contribution in [0.5, 0.6) is 0 Å². The summed E-state index contributed by atoms with van der Waals surface area (Å²) >= 11 is 0. The predicted molar refractivity (Wildman–Crippen MR) is 121 cm³/mol. The van der Waals surface area contributed by atoms with E-state index in [9.17, 15) is 14.4 Å². The minimum atomic E-state index is -0.391. The molecule has 2 N–H and O–H groups in total. The Hall–Kier alpha value is -3.51. The quantitative estimate of drug-likeness (QED) is 0.652. The zero-order valence-corrected chi connectivity index (χ0v) is 17.6. The van der Waals surface area contributed by atoms with Crippen molar-refractivity contribution in [1.29, 1.82) is 5.26 Å². The molecule has 8 nitrogen and oxygen atoms in total. The van der Waals surface area contributed by atoms with Crippen LogP contribution < -0.4 is 21.1 Å². The molecule has 1 saturated carbocycles. The van der Waals surface area contributed by atoms with E-state index in [1.54, 1.807) is 16.8 Å². The maximum Gasteiger partial charge on any atom is 0.270 e. The Labute approximate surface area is 184 Å². The first-order chi connectivity index (χ1) is 15.6. The lowest BCUT2D eigenvalue weighted by atomic mass is 10.2. The molecule has 0 bridgehead atoms. The number of piperazine rings is 1. The van der Waals surface area contributed by atoms with Crippen LogP contribution in [0.15, 0.2) is 35.3 Å². The zero-order valence-electron chi connectivity index (χ0n) is 17.6. The maximum atomic E-state index is 14.8. The number of fused-ring (bicyclic) bond motifs is 1. The molecule has 1 aromatic carbocycles. The van der Waals surface area contributed by atoms with Crippen molar-refractivity contribution in [2.24, 2.45) is 0 Å². The van der Waals surface area contributed by atoms with Crippen molar-refractivity contribution in [3.05, 3.63) is 52.2 Å². The first kappa shape index (κ1) is 20.4. The number of hydrogen-bond donors (Lipinski definition) is 2. The number of halogens is 1. The van der Waals surface area contributed by atoms with Crippen LogP contribution in [-0.4, -0.2) is 40.7 Å². The number of nitriles is 1. The van der Waals surface area contributed by atoms with Gasteiger partial charge in [0.25, 0.3) is 5.56 Å². The highest BCUT2D eigenvalue weighted by atomic mass is 19.1. The highest BCUT2D eigenvalue weighted by molar-refractivity contribution is 5.77. The monoisotopic (exact) mass is 433 g/mol. The second-order valence-corrected chi connectivity index (χ2v) is 8.28. The van der Waals surface area contributed by atoms with Gasteiger partial charge >= 0.3 is 0 Å². The maximum absolute atomic E-state index is 14.8. The third kappa shape index (κ3) is 3.78. The lowest BCUT2D eigenvalue weighted by Gasteiger charge is -2.29. The second kappa shape index (κ2) is 8.55. The predicted octanol–water partition coefficient (Wildman–Crippen LogP) is 3.07. The summed E-state index contributed by atoms with van der Waals surface area (Å²) in [5.41, 5.74) is 1.34. The number of hydrogen-bond acceptors (Lipinski definition) is 7. The summed E-state index contributed by atoms with van der Waals surface area (Å²) in [4.78, 5) is 23.9. The first-order valence-corrected chi connectivity index (χ1v) is 11.0. The average molecular weight is 433 g/mol. The summed E-state index contributed by atoms with van der Waals surface area (Å²) in [6.07, 6.45) is 5.40. The van der Waals surface area contributed by atoms with Crippen LogP contribution in [0.2, 0.25) is 0 Å². The van der Waals surface area contributed by atoms with Crippen LogP contribution in [0, 0.1) is 17.1 Å². The summed E-state index contributed by atoms with van der Waals surface area (Å²) < 4.78 is 16.5. The molecule has 164 valence electrons. The van der Waals surface area contributed by atoms with Gasteiger partial charge in [0.15, 0.2) is 0 Å². The fraction of sp³-hybridized carbons (Fsp3) is 0.391. The standard InChI is InChI=1S/C23H24FN7O/c24-19-12-18(30-9-7-26-8-10-30)5-6-20(19)28-23-27-14-16-11-15(13-25)22(32)31(21(16)29-23)17-3-1-2-4-17/h5-6,11-12,14,17,26H,1-4,7-10H2,(H,27,28,29). The van der Waals surface area contributed by atoms with Gasteiger partial charge < -0.3 is 15.5 Å². The summed E-state index contributed by atoms with van der Waals surface area (Å²) in [5, 5.41) is 16.2. The molecule has 3 aromatic rings.